The van der Waals surface area contributed by atoms with Crippen LogP contribution in [0.4, 0.5) is 11.5 Å². The van der Waals surface area contributed by atoms with Gasteiger partial charge in [0.25, 0.3) is 5.69 Å². The number of nitrogens with one attached hydrogen (secondary N) is 1. The second kappa shape index (κ2) is 7.19. The maximum atomic E-state index is 10.6. The third kappa shape index (κ3) is 4.26. The molecule has 0 aliphatic carbocycles. The lowest BCUT2D eigenvalue weighted by Gasteiger charge is -2.17. The SMILES string of the molecule is O=[N+]([O-])c1ccc(NC2CCN(CCc3ccccc3)C2)nc1. The molecule has 23 heavy (non-hydrogen) atoms. The van der Waals surface area contributed by atoms with Gasteiger partial charge in [-0.1, -0.05) is 30.3 Å². The highest BCUT2D eigenvalue weighted by atomic mass is 16.6. The number of benzene rings is 1. The molecule has 0 saturated carbocycles. The van der Waals surface area contributed by atoms with Gasteiger partial charge in [-0.3, -0.25) is 10.1 Å². The summed E-state index contributed by atoms with van der Waals surface area (Å²) in [4.78, 5) is 16.7. The molecule has 120 valence electrons. The second-order valence-electron chi connectivity index (χ2n) is 5.82. The number of nitro groups is 1. The van der Waals surface area contributed by atoms with E-state index in [1.165, 1.54) is 17.8 Å². The fraction of sp³-hybridized carbons (Fsp3) is 0.353. The van der Waals surface area contributed by atoms with Crippen LogP contribution in [0.1, 0.15) is 12.0 Å². The Bertz CT molecular complexity index is 645. The summed E-state index contributed by atoms with van der Waals surface area (Å²) in [7, 11) is 0. The molecule has 0 amide bonds. The average Bonchev–Trinajstić information content (AvgIpc) is 3.02. The highest BCUT2D eigenvalue weighted by Crippen LogP contribution is 2.17. The van der Waals surface area contributed by atoms with Gasteiger partial charge in [0.1, 0.15) is 12.0 Å². The maximum Gasteiger partial charge on any atom is 0.287 e. The molecule has 0 bridgehead atoms. The first-order valence-electron chi connectivity index (χ1n) is 7.84. The molecule has 0 radical (unpaired) electrons. The average molecular weight is 312 g/mol. The minimum Gasteiger partial charge on any atom is -0.366 e. The number of aromatic nitrogens is 1. The molecule has 6 nitrogen and oxygen atoms in total. The Morgan fingerprint density at radius 1 is 1.26 bits per heavy atom. The van der Waals surface area contributed by atoms with Crippen molar-refractivity contribution in [3.63, 3.8) is 0 Å². The fourth-order valence-corrected chi connectivity index (χ4v) is 2.87. The van der Waals surface area contributed by atoms with Crippen molar-refractivity contribution in [2.45, 2.75) is 18.9 Å². The first-order valence-corrected chi connectivity index (χ1v) is 7.84. The van der Waals surface area contributed by atoms with Crippen molar-refractivity contribution in [1.29, 1.82) is 0 Å². The van der Waals surface area contributed by atoms with Crippen LogP contribution in [0, 0.1) is 10.1 Å². The maximum absolute atomic E-state index is 10.6. The van der Waals surface area contributed by atoms with Crippen molar-refractivity contribution >= 4 is 11.5 Å². The third-order valence-electron chi connectivity index (χ3n) is 4.14. The summed E-state index contributed by atoms with van der Waals surface area (Å²) >= 11 is 0. The predicted molar refractivity (Wildman–Crippen MR) is 89.5 cm³/mol. The lowest BCUT2D eigenvalue weighted by Crippen LogP contribution is -2.28. The van der Waals surface area contributed by atoms with Crippen molar-refractivity contribution in [2.75, 3.05) is 25.0 Å². The second-order valence-corrected chi connectivity index (χ2v) is 5.82. The first kappa shape index (κ1) is 15.4. The van der Waals surface area contributed by atoms with Crippen molar-refractivity contribution in [3.05, 3.63) is 64.3 Å². The van der Waals surface area contributed by atoms with Gasteiger partial charge in [0, 0.05) is 31.7 Å². The van der Waals surface area contributed by atoms with Crippen LogP contribution in [-0.2, 0) is 6.42 Å². The van der Waals surface area contributed by atoms with Crippen molar-refractivity contribution in [2.24, 2.45) is 0 Å². The highest BCUT2D eigenvalue weighted by Gasteiger charge is 2.22. The quantitative estimate of drug-likeness (QED) is 0.656. The Morgan fingerprint density at radius 3 is 2.78 bits per heavy atom. The molecule has 6 heteroatoms. The van der Waals surface area contributed by atoms with Crippen LogP contribution < -0.4 is 5.32 Å². The van der Waals surface area contributed by atoms with E-state index < -0.39 is 4.92 Å². The van der Waals surface area contributed by atoms with E-state index in [1.807, 2.05) is 6.07 Å². The Morgan fingerprint density at radius 2 is 2.09 bits per heavy atom. The number of hydrogen-bond donors (Lipinski definition) is 1. The zero-order chi connectivity index (χ0) is 16.1. The van der Waals surface area contributed by atoms with E-state index in [1.54, 1.807) is 6.07 Å². The molecule has 1 aliphatic heterocycles. The van der Waals surface area contributed by atoms with E-state index in [-0.39, 0.29) is 5.69 Å². The topological polar surface area (TPSA) is 71.3 Å². The molecule has 2 aromatic rings. The van der Waals surface area contributed by atoms with E-state index in [0.29, 0.717) is 11.9 Å². The number of rotatable bonds is 6. The third-order valence-corrected chi connectivity index (χ3v) is 4.14. The van der Waals surface area contributed by atoms with Gasteiger partial charge < -0.3 is 10.2 Å². The van der Waals surface area contributed by atoms with Gasteiger partial charge in [-0.15, -0.1) is 0 Å². The molecular formula is C17H20N4O2. The largest absolute Gasteiger partial charge is 0.366 e. The van der Waals surface area contributed by atoms with Gasteiger partial charge in [0.05, 0.1) is 4.92 Å². The van der Waals surface area contributed by atoms with Crippen LogP contribution in [-0.4, -0.2) is 40.5 Å². The Hall–Kier alpha value is -2.47. The van der Waals surface area contributed by atoms with E-state index in [4.69, 9.17) is 0 Å². The summed E-state index contributed by atoms with van der Waals surface area (Å²) in [5.74, 6) is 0.700. The summed E-state index contributed by atoms with van der Waals surface area (Å²) in [6.45, 7) is 3.10. The van der Waals surface area contributed by atoms with E-state index in [2.05, 4.69) is 39.5 Å². The predicted octanol–water partition coefficient (Wildman–Crippen LogP) is 2.72. The molecule has 1 aromatic heterocycles. The molecule has 1 N–H and O–H groups in total. The molecule has 0 spiro atoms. The summed E-state index contributed by atoms with van der Waals surface area (Å²) in [5.41, 5.74) is 1.38. The monoisotopic (exact) mass is 312 g/mol. The van der Waals surface area contributed by atoms with Gasteiger partial charge in [0.15, 0.2) is 0 Å². The molecule has 1 saturated heterocycles. The number of likely N-dealkylation sites (tertiary alicyclic amines) is 1. The molecule has 1 fully saturated rings. The molecule has 1 aromatic carbocycles. The molecular weight excluding hydrogens is 292 g/mol. The van der Waals surface area contributed by atoms with Gasteiger partial charge in [-0.05, 0) is 24.5 Å². The van der Waals surface area contributed by atoms with Crippen LogP contribution >= 0.6 is 0 Å². The zero-order valence-corrected chi connectivity index (χ0v) is 12.9. The minimum atomic E-state index is -0.433. The van der Waals surface area contributed by atoms with E-state index in [9.17, 15) is 10.1 Å². The van der Waals surface area contributed by atoms with Crippen molar-refractivity contribution in [3.8, 4) is 0 Å². The summed E-state index contributed by atoms with van der Waals surface area (Å²) in [5, 5.41) is 14.0. The highest BCUT2D eigenvalue weighted by molar-refractivity contribution is 5.41. The first-order chi connectivity index (χ1) is 11.2. The summed E-state index contributed by atoms with van der Waals surface area (Å²) < 4.78 is 0. The van der Waals surface area contributed by atoms with Gasteiger partial charge in [0.2, 0.25) is 0 Å². The standard InChI is InChI=1S/C17H20N4O2/c22-21(23)16-6-7-17(18-12-16)19-15-9-11-20(13-15)10-8-14-4-2-1-3-5-14/h1-7,12,15H,8-11,13H2,(H,18,19). The van der Waals surface area contributed by atoms with Gasteiger partial charge in [-0.2, -0.15) is 0 Å². The molecule has 1 aliphatic rings. The number of anilines is 1. The van der Waals surface area contributed by atoms with Gasteiger partial charge >= 0.3 is 0 Å². The van der Waals surface area contributed by atoms with Crippen molar-refractivity contribution in [1.82, 2.24) is 9.88 Å². The van der Waals surface area contributed by atoms with Crippen LogP contribution in [0.3, 0.4) is 0 Å². The zero-order valence-electron chi connectivity index (χ0n) is 12.9. The molecule has 3 rings (SSSR count). The van der Waals surface area contributed by atoms with Crippen molar-refractivity contribution < 1.29 is 4.92 Å². The lowest BCUT2D eigenvalue weighted by atomic mass is 10.1. The van der Waals surface area contributed by atoms with Gasteiger partial charge in [-0.25, -0.2) is 4.98 Å². The summed E-state index contributed by atoms with van der Waals surface area (Å²) in [6.07, 6.45) is 3.42. The van der Waals surface area contributed by atoms with Crippen LogP contribution in [0.2, 0.25) is 0 Å². The molecule has 1 atom stereocenters. The van der Waals surface area contributed by atoms with Crippen LogP contribution in [0.25, 0.3) is 0 Å². The minimum absolute atomic E-state index is 0.0199. The Labute approximate surface area is 135 Å². The van der Waals surface area contributed by atoms with E-state index in [0.717, 1.165) is 32.5 Å². The number of hydrogen-bond acceptors (Lipinski definition) is 5. The number of nitrogens with zero attached hydrogens (tertiary/aromatic N) is 3. The fourth-order valence-electron chi connectivity index (χ4n) is 2.87. The smallest absolute Gasteiger partial charge is 0.287 e. The van der Waals surface area contributed by atoms with Crippen LogP contribution in [0.5, 0.6) is 0 Å². The molecule has 2 heterocycles. The number of pyridine rings is 1. The Balaban J connectivity index is 1.47. The lowest BCUT2D eigenvalue weighted by molar-refractivity contribution is -0.385. The van der Waals surface area contributed by atoms with Crippen LogP contribution in [0.15, 0.2) is 48.7 Å². The summed E-state index contributed by atoms with van der Waals surface area (Å²) in [6, 6.07) is 14.0. The molecule has 1 unspecified atom stereocenters. The van der Waals surface area contributed by atoms with E-state index >= 15 is 0 Å². The Kier molecular flexibility index (Phi) is 4.83. The normalized spacial score (nSPS) is 18.0.